The monoisotopic (exact) mass is 398 g/mol. The quantitative estimate of drug-likeness (QED) is 0.765. The number of allylic oxidation sites excluding steroid dienone is 2. The molecule has 1 aromatic carbocycles. The minimum atomic E-state index is -0.946. The van der Waals surface area contributed by atoms with Gasteiger partial charge in [-0.1, -0.05) is 26.0 Å². The van der Waals surface area contributed by atoms with Gasteiger partial charge in [0.25, 0.3) is 0 Å². The summed E-state index contributed by atoms with van der Waals surface area (Å²) in [6.07, 6.45) is 6.52. The van der Waals surface area contributed by atoms with Crippen LogP contribution in [0.1, 0.15) is 95.1 Å². The van der Waals surface area contributed by atoms with E-state index in [0.29, 0.717) is 18.4 Å². The fraction of sp³-hybridized carbons (Fsp3) is 0.640. The Balaban J connectivity index is 2.08. The summed E-state index contributed by atoms with van der Waals surface area (Å²) < 4.78 is 0. The summed E-state index contributed by atoms with van der Waals surface area (Å²) in [4.78, 5) is 14.5. The first kappa shape index (κ1) is 22.0. The third-order valence-corrected chi connectivity index (χ3v) is 7.41. The molecular formula is C25H38N2O2. The molecule has 1 amide bonds. The molecule has 1 saturated heterocycles. The van der Waals surface area contributed by atoms with Gasteiger partial charge < -0.3 is 10.8 Å². The Morgan fingerprint density at radius 3 is 2.14 bits per heavy atom. The van der Waals surface area contributed by atoms with Crippen LogP contribution in [0.15, 0.2) is 24.3 Å². The first-order valence-electron chi connectivity index (χ1n) is 10.8. The van der Waals surface area contributed by atoms with Gasteiger partial charge in [0.15, 0.2) is 0 Å². The van der Waals surface area contributed by atoms with E-state index in [-0.39, 0.29) is 16.5 Å². The van der Waals surface area contributed by atoms with E-state index in [1.807, 2.05) is 18.2 Å². The number of aliphatic hydroxyl groups is 1. The number of amides is 1. The zero-order chi connectivity index (χ0) is 21.8. The molecule has 3 N–H and O–H groups in total. The molecule has 0 aromatic heterocycles. The number of hydrogen-bond acceptors (Lipinski definition) is 3. The van der Waals surface area contributed by atoms with Crippen LogP contribution in [0.3, 0.4) is 0 Å². The van der Waals surface area contributed by atoms with Crippen molar-refractivity contribution in [3.8, 4) is 0 Å². The van der Waals surface area contributed by atoms with Crippen molar-refractivity contribution in [2.75, 3.05) is 7.05 Å². The second kappa shape index (κ2) is 6.95. The molecule has 1 aliphatic heterocycles. The minimum Gasteiger partial charge on any atom is -0.385 e. The van der Waals surface area contributed by atoms with Crippen LogP contribution < -0.4 is 5.73 Å². The highest BCUT2D eigenvalue weighted by Crippen LogP contribution is 2.48. The van der Waals surface area contributed by atoms with E-state index in [4.69, 9.17) is 5.73 Å². The van der Waals surface area contributed by atoms with Crippen LogP contribution in [-0.4, -0.2) is 34.0 Å². The van der Waals surface area contributed by atoms with Gasteiger partial charge in [0.1, 0.15) is 0 Å². The number of carbonyl (C=O) groups is 1. The lowest BCUT2D eigenvalue weighted by atomic mass is 9.68. The van der Waals surface area contributed by atoms with Crippen LogP contribution in [0.25, 0.3) is 5.57 Å². The fourth-order valence-electron chi connectivity index (χ4n) is 5.39. The third kappa shape index (κ3) is 4.15. The summed E-state index contributed by atoms with van der Waals surface area (Å²) in [5.41, 5.74) is 8.26. The number of piperidine rings is 1. The lowest BCUT2D eigenvalue weighted by molar-refractivity contribution is -0.128. The summed E-state index contributed by atoms with van der Waals surface area (Å²) in [6, 6.07) is 5.74. The van der Waals surface area contributed by atoms with Crippen molar-refractivity contribution >= 4 is 11.5 Å². The van der Waals surface area contributed by atoms with Crippen molar-refractivity contribution in [3.63, 3.8) is 0 Å². The molecule has 2 aliphatic rings. The predicted octanol–water partition coefficient (Wildman–Crippen LogP) is 4.85. The van der Waals surface area contributed by atoms with Gasteiger partial charge in [0, 0.05) is 16.6 Å². The second-order valence-corrected chi connectivity index (χ2v) is 11.3. The van der Waals surface area contributed by atoms with Crippen molar-refractivity contribution in [1.29, 1.82) is 0 Å². The zero-order valence-electron chi connectivity index (χ0n) is 19.2. The molecule has 29 heavy (non-hydrogen) atoms. The first-order chi connectivity index (χ1) is 13.2. The largest absolute Gasteiger partial charge is 0.385 e. The van der Waals surface area contributed by atoms with Crippen molar-refractivity contribution in [2.24, 2.45) is 11.1 Å². The van der Waals surface area contributed by atoms with Gasteiger partial charge in [0.2, 0.25) is 5.91 Å². The summed E-state index contributed by atoms with van der Waals surface area (Å²) in [5, 5.41) is 11.8. The van der Waals surface area contributed by atoms with Gasteiger partial charge in [-0.05, 0) is 101 Å². The summed E-state index contributed by atoms with van der Waals surface area (Å²) in [7, 11) is 2.13. The molecule has 1 fully saturated rings. The Morgan fingerprint density at radius 1 is 1.07 bits per heavy atom. The topological polar surface area (TPSA) is 66.6 Å². The maximum absolute atomic E-state index is 12.1. The average Bonchev–Trinajstić information content (AvgIpc) is 2.58. The second-order valence-electron chi connectivity index (χ2n) is 11.3. The average molecular weight is 399 g/mol. The summed E-state index contributed by atoms with van der Waals surface area (Å²) in [5.74, 6) is -0.409. The van der Waals surface area contributed by atoms with E-state index in [2.05, 4.69) is 59.6 Å². The molecule has 0 unspecified atom stereocenters. The maximum Gasteiger partial charge on any atom is 0.249 e. The Morgan fingerprint density at radius 2 is 1.66 bits per heavy atom. The van der Waals surface area contributed by atoms with E-state index < -0.39 is 11.5 Å². The standard InChI is InChI=1S/C25H38N2O2/c1-22(2)12-10-17(11-13-22)20-14-18(8-9-19(20)21(26)28)25(29)15-23(3,4)27(7)24(5,6)16-25/h8-10,14,29H,11-13,15-16H2,1-7H3,(H2,26,28). The van der Waals surface area contributed by atoms with E-state index in [1.54, 1.807) is 0 Å². The Hall–Kier alpha value is -1.65. The fourth-order valence-corrected chi connectivity index (χ4v) is 5.39. The van der Waals surface area contributed by atoms with Gasteiger partial charge in [-0.15, -0.1) is 0 Å². The van der Waals surface area contributed by atoms with E-state index in [1.165, 1.54) is 5.57 Å². The molecule has 3 rings (SSSR count). The molecule has 4 heteroatoms. The molecule has 160 valence electrons. The molecule has 0 bridgehead atoms. The lowest BCUT2D eigenvalue weighted by Crippen LogP contribution is -2.62. The number of benzene rings is 1. The Bertz CT molecular complexity index is 830. The van der Waals surface area contributed by atoms with Gasteiger partial charge in [-0.25, -0.2) is 0 Å². The highest BCUT2D eigenvalue weighted by molar-refractivity contribution is 5.98. The molecule has 4 nitrogen and oxygen atoms in total. The Kier molecular flexibility index (Phi) is 5.29. The zero-order valence-corrected chi connectivity index (χ0v) is 19.2. The van der Waals surface area contributed by atoms with E-state index >= 15 is 0 Å². The highest BCUT2D eigenvalue weighted by atomic mass is 16.3. The normalized spacial score (nSPS) is 25.3. The predicted molar refractivity (Wildman–Crippen MR) is 120 cm³/mol. The Labute approximate surface area is 176 Å². The minimum absolute atomic E-state index is 0.146. The third-order valence-electron chi connectivity index (χ3n) is 7.41. The van der Waals surface area contributed by atoms with Crippen LogP contribution in [0.5, 0.6) is 0 Å². The highest BCUT2D eigenvalue weighted by Gasteiger charge is 2.50. The molecule has 0 saturated carbocycles. The van der Waals surface area contributed by atoms with Gasteiger partial charge >= 0.3 is 0 Å². The van der Waals surface area contributed by atoms with Crippen molar-refractivity contribution in [3.05, 3.63) is 41.0 Å². The van der Waals surface area contributed by atoms with Gasteiger partial charge in [-0.3, -0.25) is 9.69 Å². The summed E-state index contributed by atoms with van der Waals surface area (Å²) in [6.45, 7) is 13.3. The number of hydrogen-bond donors (Lipinski definition) is 2. The first-order valence-corrected chi connectivity index (χ1v) is 10.8. The number of primary amides is 1. The van der Waals surface area contributed by atoms with E-state index in [0.717, 1.165) is 30.4 Å². The van der Waals surface area contributed by atoms with Crippen molar-refractivity contribution < 1.29 is 9.90 Å². The van der Waals surface area contributed by atoms with Gasteiger partial charge in [0.05, 0.1) is 5.60 Å². The maximum atomic E-state index is 12.1. The van der Waals surface area contributed by atoms with Crippen molar-refractivity contribution in [1.82, 2.24) is 4.90 Å². The number of nitrogens with zero attached hydrogens (tertiary/aromatic N) is 1. The van der Waals surface area contributed by atoms with Crippen LogP contribution in [0.4, 0.5) is 0 Å². The number of carbonyl (C=O) groups excluding carboxylic acids is 1. The molecule has 0 atom stereocenters. The van der Waals surface area contributed by atoms with Crippen LogP contribution in [0.2, 0.25) is 0 Å². The molecular weight excluding hydrogens is 360 g/mol. The molecule has 0 spiro atoms. The molecule has 0 radical (unpaired) electrons. The van der Waals surface area contributed by atoms with Crippen LogP contribution >= 0.6 is 0 Å². The molecule has 1 heterocycles. The van der Waals surface area contributed by atoms with Crippen molar-refractivity contribution in [2.45, 2.75) is 90.3 Å². The number of rotatable bonds is 3. The SMILES string of the molecule is CN1C(C)(C)CC(O)(c2ccc(C(N)=O)c(C3=CCC(C)(C)CC3)c2)CC1(C)C. The number of likely N-dealkylation sites (tertiary alicyclic amines) is 1. The summed E-state index contributed by atoms with van der Waals surface area (Å²) >= 11 is 0. The molecule has 1 aromatic rings. The molecule has 1 aliphatic carbocycles. The van der Waals surface area contributed by atoms with Gasteiger partial charge in [-0.2, -0.15) is 0 Å². The van der Waals surface area contributed by atoms with Crippen LogP contribution in [-0.2, 0) is 5.60 Å². The lowest BCUT2D eigenvalue weighted by Gasteiger charge is -2.57. The number of nitrogens with two attached hydrogens (primary N) is 1. The smallest absolute Gasteiger partial charge is 0.249 e. The van der Waals surface area contributed by atoms with Crippen LogP contribution in [0, 0.1) is 5.41 Å². The van der Waals surface area contributed by atoms with E-state index in [9.17, 15) is 9.90 Å².